The number of anilines is 1. The van der Waals surface area contributed by atoms with Gasteiger partial charge in [0.1, 0.15) is 5.82 Å². The summed E-state index contributed by atoms with van der Waals surface area (Å²) in [4.78, 5) is 22.7. The van der Waals surface area contributed by atoms with Crippen LogP contribution in [0, 0.1) is 12.7 Å². The monoisotopic (exact) mass is 273 g/mol. The first-order chi connectivity index (χ1) is 9.49. The van der Waals surface area contributed by atoms with E-state index in [2.05, 4.69) is 5.32 Å². The predicted molar refractivity (Wildman–Crippen MR) is 72.5 cm³/mol. The molecule has 102 valence electrons. The highest BCUT2D eigenvalue weighted by Crippen LogP contribution is 2.15. The number of hydrogen-bond donors (Lipinski definition) is 2. The molecule has 2 aromatic rings. The summed E-state index contributed by atoms with van der Waals surface area (Å²) in [5, 5.41) is 11.4. The molecule has 0 unspecified atom stereocenters. The lowest BCUT2D eigenvalue weighted by atomic mass is 10.1. The van der Waals surface area contributed by atoms with Gasteiger partial charge in [0, 0.05) is 11.3 Å². The number of carboxylic acids is 1. The third-order valence-corrected chi connectivity index (χ3v) is 2.90. The van der Waals surface area contributed by atoms with E-state index < -0.39 is 17.7 Å². The number of hydrogen-bond acceptors (Lipinski definition) is 2. The lowest BCUT2D eigenvalue weighted by molar-refractivity contribution is 0.0696. The minimum atomic E-state index is -1.04. The van der Waals surface area contributed by atoms with Crippen LogP contribution in [0.25, 0.3) is 0 Å². The SMILES string of the molecule is Cc1c(F)cccc1C(=O)Nc1ccc(C(=O)O)cc1. The van der Waals surface area contributed by atoms with Crippen LogP contribution in [-0.4, -0.2) is 17.0 Å². The van der Waals surface area contributed by atoms with Crippen molar-refractivity contribution in [1.82, 2.24) is 0 Å². The fourth-order valence-corrected chi connectivity index (χ4v) is 1.75. The van der Waals surface area contributed by atoms with E-state index in [1.54, 1.807) is 0 Å². The number of aromatic carboxylic acids is 1. The molecule has 1 amide bonds. The van der Waals surface area contributed by atoms with Gasteiger partial charge in [-0.15, -0.1) is 0 Å². The van der Waals surface area contributed by atoms with E-state index in [-0.39, 0.29) is 16.7 Å². The number of halogens is 1. The number of benzene rings is 2. The molecule has 0 fully saturated rings. The fourth-order valence-electron chi connectivity index (χ4n) is 1.75. The first-order valence-corrected chi connectivity index (χ1v) is 5.89. The second-order valence-corrected chi connectivity index (χ2v) is 4.25. The van der Waals surface area contributed by atoms with Gasteiger partial charge in [-0.1, -0.05) is 6.07 Å². The molecule has 0 aromatic heterocycles. The van der Waals surface area contributed by atoms with E-state index >= 15 is 0 Å². The molecule has 20 heavy (non-hydrogen) atoms. The molecule has 2 aromatic carbocycles. The Kier molecular flexibility index (Phi) is 3.79. The van der Waals surface area contributed by atoms with Crippen molar-refractivity contribution >= 4 is 17.6 Å². The summed E-state index contributed by atoms with van der Waals surface area (Å²) in [6.07, 6.45) is 0. The van der Waals surface area contributed by atoms with Gasteiger partial charge in [-0.3, -0.25) is 4.79 Å². The van der Waals surface area contributed by atoms with Gasteiger partial charge in [-0.2, -0.15) is 0 Å². The van der Waals surface area contributed by atoms with Crippen LogP contribution in [0.15, 0.2) is 42.5 Å². The van der Waals surface area contributed by atoms with Gasteiger partial charge in [-0.05, 0) is 48.9 Å². The molecule has 0 atom stereocenters. The van der Waals surface area contributed by atoms with Crippen molar-refractivity contribution in [1.29, 1.82) is 0 Å². The molecule has 2 N–H and O–H groups in total. The van der Waals surface area contributed by atoms with E-state index in [0.717, 1.165) is 0 Å². The molecular formula is C15H12FNO3. The average molecular weight is 273 g/mol. The van der Waals surface area contributed by atoms with Crippen LogP contribution in [0.2, 0.25) is 0 Å². The Labute approximate surface area is 114 Å². The molecule has 0 bridgehead atoms. The van der Waals surface area contributed by atoms with E-state index in [9.17, 15) is 14.0 Å². The number of carboxylic acid groups (broad SMARTS) is 1. The van der Waals surface area contributed by atoms with E-state index in [1.165, 1.54) is 49.4 Å². The van der Waals surface area contributed by atoms with Crippen LogP contribution in [-0.2, 0) is 0 Å². The van der Waals surface area contributed by atoms with Crippen LogP contribution >= 0.6 is 0 Å². The number of carbonyl (C=O) groups is 2. The predicted octanol–water partition coefficient (Wildman–Crippen LogP) is 3.08. The fraction of sp³-hybridized carbons (Fsp3) is 0.0667. The van der Waals surface area contributed by atoms with Crippen LogP contribution in [0.4, 0.5) is 10.1 Å². The molecule has 0 heterocycles. The summed E-state index contributed by atoms with van der Waals surface area (Å²) in [6.45, 7) is 1.53. The minimum Gasteiger partial charge on any atom is -0.478 e. The smallest absolute Gasteiger partial charge is 0.335 e. The van der Waals surface area contributed by atoms with Crippen LogP contribution in [0.3, 0.4) is 0 Å². The number of amides is 1. The Bertz CT molecular complexity index is 665. The van der Waals surface area contributed by atoms with Crippen LogP contribution in [0.5, 0.6) is 0 Å². The second-order valence-electron chi connectivity index (χ2n) is 4.25. The molecule has 4 nitrogen and oxygen atoms in total. The van der Waals surface area contributed by atoms with E-state index in [4.69, 9.17) is 5.11 Å². The zero-order valence-corrected chi connectivity index (χ0v) is 10.7. The van der Waals surface area contributed by atoms with Gasteiger partial charge >= 0.3 is 5.97 Å². The van der Waals surface area contributed by atoms with Gasteiger partial charge in [0.25, 0.3) is 5.91 Å². The van der Waals surface area contributed by atoms with Gasteiger partial charge in [0.15, 0.2) is 0 Å². The van der Waals surface area contributed by atoms with Gasteiger partial charge in [-0.25, -0.2) is 9.18 Å². The minimum absolute atomic E-state index is 0.130. The first-order valence-electron chi connectivity index (χ1n) is 5.89. The van der Waals surface area contributed by atoms with Crippen molar-refractivity contribution in [2.75, 3.05) is 5.32 Å². The molecule has 0 saturated heterocycles. The van der Waals surface area contributed by atoms with Crippen LogP contribution < -0.4 is 5.32 Å². The molecule has 2 rings (SSSR count). The zero-order chi connectivity index (χ0) is 14.7. The van der Waals surface area contributed by atoms with Gasteiger partial charge in [0.05, 0.1) is 5.56 Å². The molecule has 0 aliphatic carbocycles. The molecule has 0 radical (unpaired) electrons. The third-order valence-electron chi connectivity index (χ3n) is 2.90. The van der Waals surface area contributed by atoms with E-state index in [0.29, 0.717) is 5.69 Å². The third kappa shape index (κ3) is 2.83. The highest BCUT2D eigenvalue weighted by atomic mass is 19.1. The second kappa shape index (κ2) is 5.52. The molecule has 0 spiro atoms. The molecular weight excluding hydrogens is 261 g/mol. The highest BCUT2D eigenvalue weighted by Gasteiger charge is 2.12. The standard InChI is InChI=1S/C15H12FNO3/c1-9-12(3-2-4-13(9)16)14(18)17-11-7-5-10(6-8-11)15(19)20/h2-8H,1H3,(H,17,18)(H,19,20). The summed E-state index contributed by atoms with van der Waals surface area (Å²) in [7, 11) is 0. The summed E-state index contributed by atoms with van der Waals surface area (Å²) in [6, 6.07) is 10.0. The lowest BCUT2D eigenvalue weighted by Crippen LogP contribution is -2.14. The largest absolute Gasteiger partial charge is 0.478 e. The lowest BCUT2D eigenvalue weighted by Gasteiger charge is -2.08. The van der Waals surface area contributed by atoms with Crippen molar-refractivity contribution in [2.24, 2.45) is 0 Å². The maximum absolute atomic E-state index is 13.4. The highest BCUT2D eigenvalue weighted by molar-refractivity contribution is 6.05. The number of rotatable bonds is 3. The van der Waals surface area contributed by atoms with E-state index in [1.807, 2.05) is 0 Å². The topological polar surface area (TPSA) is 66.4 Å². The Balaban J connectivity index is 2.19. The van der Waals surface area contributed by atoms with Crippen LogP contribution in [0.1, 0.15) is 26.3 Å². The summed E-state index contributed by atoms with van der Waals surface area (Å²) in [5.41, 5.74) is 1.09. The van der Waals surface area contributed by atoms with Crippen molar-refractivity contribution in [3.05, 3.63) is 65.0 Å². The summed E-state index contributed by atoms with van der Waals surface area (Å²) >= 11 is 0. The van der Waals surface area contributed by atoms with Crippen molar-refractivity contribution in [3.8, 4) is 0 Å². The molecule has 0 saturated carbocycles. The Morgan fingerprint density at radius 1 is 1.10 bits per heavy atom. The zero-order valence-electron chi connectivity index (χ0n) is 10.7. The van der Waals surface area contributed by atoms with Crippen molar-refractivity contribution < 1.29 is 19.1 Å². The summed E-state index contributed by atoms with van der Waals surface area (Å²) in [5.74, 6) is -1.92. The Morgan fingerprint density at radius 3 is 2.35 bits per heavy atom. The number of nitrogens with one attached hydrogen (secondary N) is 1. The quantitative estimate of drug-likeness (QED) is 0.903. The Morgan fingerprint density at radius 2 is 1.75 bits per heavy atom. The molecule has 5 heteroatoms. The maximum Gasteiger partial charge on any atom is 0.335 e. The average Bonchev–Trinajstić information content (AvgIpc) is 2.42. The Hall–Kier alpha value is -2.69. The van der Waals surface area contributed by atoms with Gasteiger partial charge in [0.2, 0.25) is 0 Å². The van der Waals surface area contributed by atoms with Gasteiger partial charge < -0.3 is 10.4 Å². The number of carbonyl (C=O) groups excluding carboxylic acids is 1. The maximum atomic E-state index is 13.4. The molecule has 0 aliphatic rings. The first kappa shape index (κ1) is 13.7. The molecule has 0 aliphatic heterocycles. The normalized spacial score (nSPS) is 10.1. The summed E-state index contributed by atoms with van der Waals surface area (Å²) < 4.78 is 13.4. The van der Waals surface area contributed by atoms with Crippen molar-refractivity contribution in [2.45, 2.75) is 6.92 Å². The van der Waals surface area contributed by atoms with Crippen molar-refractivity contribution in [3.63, 3.8) is 0 Å².